The summed E-state index contributed by atoms with van der Waals surface area (Å²) < 4.78 is 58.6. The second-order valence-electron chi connectivity index (χ2n) is 8.22. The highest BCUT2D eigenvalue weighted by Crippen LogP contribution is 2.22. The number of aromatic nitrogens is 3. The predicted molar refractivity (Wildman–Crippen MR) is 140 cm³/mol. The van der Waals surface area contributed by atoms with Crippen LogP contribution >= 0.6 is 0 Å². The number of para-hydroxylation sites is 2. The van der Waals surface area contributed by atoms with Gasteiger partial charge in [0.15, 0.2) is 0 Å². The van der Waals surface area contributed by atoms with E-state index in [2.05, 4.69) is 19.4 Å². The average molecular weight is 533 g/mol. The largest absolute Gasteiger partial charge is 0.372 e. The SMILES string of the molecule is Cc1ccc(S(=O)(=O)Nc2ccc[n+](-c3nc4ccccc4nc3NS(=O)(=O)c3ccccc3)c2)cc1. The van der Waals surface area contributed by atoms with Gasteiger partial charge in [-0.2, -0.15) is 4.57 Å². The zero-order valence-corrected chi connectivity index (χ0v) is 21.2. The van der Waals surface area contributed by atoms with E-state index in [1.807, 2.05) is 6.92 Å². The standard InChI is InChI=1S/C26H22N5O4S2/c1-19-13-15-22(16-14-19)36(32,33)29-20-8-7-17-31(18-20)26-25(27-23-11-5-6-12-24(23)28-26)30-37(34,35)21-9-3-2-4-10-21/h2-18,29H,1H3,(H,27,30)/q+1. The maximum Gasteiger partial charge on any atom is 0.372 e. The van der Waals surface area contributed by atoms with Crippen molar-refractivity contribution >= 4 is 42.6 Å². The van der Waals surface area contributed by atoms with Crippen molar-refractivity contribution in [1.82, 2.24) is 9.97 Å². The van der Waals surface area contributed by atoms with Crippen molar-refractivity contribution in [3.8, 4) is 5.82 Å². The first-order valence-electron chi connectivity index (χ1n) is 11.2. The summed E-state index contributed by atoms with van der Waals surface area (Å²) >= 11 is 0. The van der Waals surface area contributed by atoms with Crippen LogP contribution in [0, 0.1) is 6.92 Å². The van der Waals surface area contributed by atoms with Crippen molar-refractivity contribution in [2.45, 2.75) is 16.7 Å². The molecular weight excluding hydrogens is 510 g/mol. The van der Waals surface area contributed by atoms with Gasteiger partial charge >= 0.3 is 5.82 Å². The van der Waals surface area contributed by atoms with E-state index >= 15 is 0 Å². The van der Waals surface area contributed by atoms with Crippen LogP contribution in [0.4, 0.5) is 11.5 Å². The van der Waals surface area contributed by atoms with Gasteiger partial charge in [0.2, 0.25) is 11.3 Å². The van der Waals surface area contributed by atoms with Crippen LogP contribution < -0.4 is 14.0 Å². The van der Waals surface area contributed by atoms with E-state index in [-0.39, 0.29) is 27.1 Å². The lowest BCUT2D eigenvalue weighted by Crippen LogP contribution is -2.34. The second kappa shape index (κ2) is 9.60. The first-order valence-corrected chi connectivity index (χ1v) is 14.1. The van der Waals surface area contributed by atoms with Crippen molar-refractivity contribution < 1.29 is 21.4 Å². The molecule has 9 nitrogen and oxygen atoms in total. The zero-order chi connectivity index (χ0) is 26.0. The molecule has 3 aromatic carbocycles. The molecule has 2 heterocycles. The maximum atomic E-state index is 13.1. The van der Waals surface area contributed by atoms with Crippen molar-refractivity contribution in [3.05, 3.63) is 109 Å². The van der Waals surface area contributed by atoms with Gasteiger partial charge in [-0.1, -0.05) is 48.0 Å². The minimum atomic E-state index is -3.97. The number of nitrogens with one attached hydrogen (secondary N) is 2. The molecule has 0 atom stereocenters. The Balaban J connectivity index is 1.57. The van der Waals surface area contributed by atoms with Crippen molar-refractivity contribution in [1.29, 1.82) is 0 Å². The van der Waals surface area contributed by atoms with E-state index in [1.165, 1.54) is 35.0 Å². The number of hydrogen-bond acceptors (Lipinski definition) is 6. The lowest BCUT2D eigenvalue weighted by molar-refractivity contribution is -0.598. The van der Waals surface area contributed by atoms with Gasteiger partial charge in [-0.3, -0.25) is 9.44 Å². The van der Waals surface area contributed by atoms with E-state index in [0.717, 1.165) is 5.56 Å². The van der Waals surface area contributed by atoms with Crippen LogP contribution in [-0.4, -0.2) is 26.8 Å². The summed E-state index contributed by atoms with van der Waals surface area (Å²) in [6, 6.07) is 24.7. The zero-order valence-electron chi connectivity index (χ0n) is 19.6. The summed E-state index contributed by atoms with van der Waals surface area (Å²) in [5, 5.41) is 0. The Morgan fingerprint density at radius 3 is 1.95 bits per heavy atom. The Morgan fingerprint density at radius 2 is 1.24 bits per heavy atom. The smallest absolute Gasteiger partial charge is 0.276 e. The van der Waals surface area contributed by atoms with Crippen LogP contribution in [0.15, 0.2) is 113 Å². The first kappa shape index (κ1) is 24.3. The number of fused-ring (bicyclic) bond motifs is 1. The molecule has 0 radical (unpaired) electrons. The van der Waals surface area contributed by atoms with E-state index in [1.54, 1.807) is 72.9 Å². The fourth-order valence-electron chi connectivity index (χ4n) is 3.62. The van der Waals surface area contributed by atoms with Gasteiger partial charge in [-0.15, -0.1) is 0 Å². The third-order valence-electron chi connectivity index (χ3n) is 5.47. The summed E-state index contributed by atoms with van der Waals surface area (Å²) in [6.45, 7) is 1.87. The lowest BCUT2D eigenvalue weighted by Gasteiger charge is -2.10. The second-order valence-corrected chi connectivity index (χ2v) is 11.6. The normalized spacial score (nSPS) is 11.8. The third kappa shape index (κ3) is 5.27. The Hall–Kier alpha value is -4.35. The number of hydrogen-bond donors (Lipinski definition) is 2. The molecular formula is C26H22N5O4S2+. The van der Waals surface area contributed by atoms with Gasteiger partial charge in [0.05, 0.1) is 21.7 Å². The number of benzene rings is 3. The fourth-order valence-corrected chi connectivity index (χ4v) is 5.69. The van der Waals surface area contributed by atoms with E-state index in [9.17, 15) is 16.8 Å². The van der Waals surface area contributed by atoms with Crippen LogP contribution in [0.1, 0.15) is 5.56 Å². The number of pyridine rings is 1. The summed E-state index contributed by atoms with van der Waals surface area (Å²) in [5.74, 6) is 0.167. The van der Waals surface area contributed by atoms with Crippen LogP contribution in [0.5, 0.6) is 0 Å². The number of rotatable bonds is 7. The Labute approximate surface area is 214 Å². The maximum absolute atomic E-state index is 13.1. The summed E-state index contributed by atoms with van der Waals surface area (Å²) in [7, 11) is -7.82. The average Bonchev–Trinajstić information content (AvgIpc) is 2.89. The van der Waals surface area contributed by atoms with Crippen LogP contribution in [-0.2, 0) is 20.0 Å². The van der Waals surface area contributed by atoms with Gasteiger partial charge in [-0.25, -0.2) is 21.8 Å². The molecule has 0 aliphatic carbocycles. The Kier molecular flexibility index (Phi) is 6.32. The molecule has 0 aliphatic rings. The van der Waals surface area contributed by atoms with E-state index in [0.29, 0.717) is 11.0 Å². The van der Waals surface area contributed by atoms with Crippen molar-refractivity contribution in [3.63, 3.8) is 0 Å². The minimum absolute atomic E-state index is 0.00825. The molecule has 0 unspecified atom stereocenters. The van der Waals surface area contributed by atoms with Gasteiger partial charge in [-0.05, 0) is 60.4 Å². The number of sulfonamides is 2. The summed E-state index contributed by atoms with van der Waals surface area (Å²) in [6.07, 6.45) is 3.13. The van der Waals surface area contributed by atoms with Gasteiger partial charge in [0, 0.05) is 0 Å². The molecule has 0 amide bonds. The van der Waals surface area contributed by atoms with Crippen LogP contribution in [0.25, 0.3) is 16.9 Å². The quantitative estimate of drug-likeness (QED) is 0.307. The highest BCUT2D eigenvalue weighted by Gasteiger charge is 2.25. The molecule has 37 heavy (non-hydrogen) atoms. The molecule has 0 saturated heterocycles. The summed E-state index contributed by atoms with van der Waals surface area (Å²) in [5.41, 5.74) is 2.24. The molecule has 0 aliphatic heterocycles. The lowest BCUT2D eigenvalue weighted by atomic mass is 10.2. The van der Waals surface area contributed by atoms with Crippen LogP contribution in [0.3, 0.4) is 0 Å². The van der Waals surface area contributed by atoms with E-state index < -0.39 is 20.0 Å². The Bertz CT molecular complexity index is 1810. The predicted octanol–water partition coefficient (Wildman–Crippen LogP) is 3.82. The Morgan fingerprint density at radius 1 is 0.649 bits per heavy atom. The first-order chi connectivity index (χ1) is 17.7. The molecule has 0 bridgehead atoms. The molecule has 0 saturated carbocycles. The molecule has 11 heteroatoms. The molecule has 186 valence electrons. The number of aryl methyl sites for hydroxylation is 1. The van der Waals surface area contributed by atoms with E-state index in [4.69, 9.17) is 0 Å². The van der Waals surface area contributed by atoms with Crippen molar-refractivity contribution in [2.24, 2.45) is 0 Å². The third-order valence-corrected chi connectivity index (χ3v) is 8.22. The molecule has 2 N–H and O–H groups in total. The molecule has 5 aromatic rings. The number of anilines is 2. The topological polar surface area (TPSA) is 122 Å². The molecule has 2 aromatic heterocycles. The van der Waals surface area contributed by atoms with Crippen molar-refractivity contribution in [2.75, 3.05) is 9.44 Å². The fraction of sp³-hybridized carbons (Fsp3) is 0.0385. The highest BCUT2D eigenvalue weighted by molar-refractivity contribution is 7.93. The highest BCUT2D eigenvalue weighted by atomic mass is 32.2. The van der Waals surface area contributed by atoms with Gasteiger partial charge in [0.25, 0.3) is 20.0 Å². The molecule has 0 spiro atoms. The minimum Gasteiger partial charge on any atom is -0.276 e. The monoisotopic (exact) mass is 532 g/mol. The van der Waals surface area contributed by atoms with Crippen LogP contribution in [0.2, 0.25) is 0 Å². The molecule has 0 fully saturated rings. The number of nitrogens with zero attached hydrogens (tertiary/aromatic N) is 3. The van der Waals surface area contributed by atoms with Gasteiger partial charge < -0.3 is 0 Å². The molecule has 5 rings (SSSR count). The van der Waals surface area contributed by atoms with Gasteiger partial charge in [0.1, 0.15) is 11.7 Å². The summed E-state index contributed by atoms with van der Waals surface area (Å²) in [4.78, 5) is 9.33.